The van der Waals surface area contributed by atoms with Gasteiger partial charge in [-0.05, 0) is 63.5 Å². The molecule has 0 aliphatic rings. The first kappa shape index (κ1) is 58.8. The van der Waals surface area contributed by atoms with E-state index < -0.39 is 0 Å². The smallest absolute Gasteiger partial charge is 0.305 e. The van der Waals surface area contributed by atoms with Crippen LogP contribution in [0.15, 0.2) is 18.2 Å². The van der Waals surface area contributed by atoms with Crippen LogP contribution in [0.2, 0.25) is 0 Å². The van der Waals surface area contributed by atoms with Crippen molar-refractivity contribution in [2.24, 2.45) is 0 Å². The second kappa shape index (κ2) is 45.0. The standard InChI is InChI=1S/C48H83NO15/c1-4-6-21-55-27-31-59-35-37-61-33-29-57-25-18-43(50)15-10-13-23-63-45-39-42(48(53)49-20-12-8-9-17-47(52)54-3)40-46(41-45)64-24-14-11-16-44(51)19-26-58-30-34-62-38-36-60-32-28-56-22-7-5-2/h39-41H,4-38H2,1-3H3,(H,49,53). The number of hydrogen-bond acceptors (Lipinski definition) is 15. The largest absolute Gasteiger partial charge is 0.493 e. The van der Waals surface area contributed by atoms with E-state index in [1.807, 2.05) is 0 Å². The van der Waals surface area contributed by atoms with Crippen LogP contribution in [-0.4, -0.2) is 156 Å². The summed E-state index contributed by atoms with van der Waals surface area (Å²) >= 11 is 0. The van der Waals surface area contributed by atoms with Gasteiger partial charge in [-0.25, -0.2) is 0 Å². The van der Waals surface area contributed by atoms with Crippen LogP contribution in [0.5, 0.6) is 11.5 Å². The second-order valence-electron chi connectivity index (χ2n) is 15.1. The predicted octanol–water partition coefficient (Wildman–Crippen LogP) is 6.90. The average Bonchev–Trinajstić information content (AvgIpc) is 3.29. The van der Waals surface area contributed by atoms with E-state index >= 15 is 0 Å². The summed E-state index contributed by atoms with van der Waals surface area (Å²) in [7, 11) is 1.37. The number of carbonyl (C=O) groups is 4. The first-order valence-corrected chi connectivity index (χ1v) is 23.8. The van der Waals surface area contributed by atoms with Crippen LogP contribution in [0.4, 0.5) is 0 Å². The van der Waals surface area contributed by atoms with Crippen molar-refractivity contribution in [1.29, 1.82) is 0 Å². The highest BCUT2D eigenvalue weighted by Crippen LogP contribution is 2.24. The number of rotatable bonds is 49. The Morgan fingerprint density at radius 2 is 0.797 bits per heavy atom. The third-order valence-electron chi connectivity index (χ3n) is 9.52. The van der Waals surface area contributed by atoms with Gasteiger partial charge in [-0.1, -0.05) is 33.1 Å². The third-order valence-corrected chi connectivity index (χ3v) is 9.52. The summed E-state index contributed by atoms with van der Waals surface area (Å²) in [6, 6.07) is 5.10. The van der Waals surface area contributed by atoms with Gasteiger partial charge < -0.3 is 57.4 Å². The number of ether oxygens (including phenoxy) is 11. The van der Waals surface area contributed by atoms with Crippen molar-refractivity contribution in [1.82, 2.24) is 5.32 Å². The van der Waals surface area contributed by atoms with E-state index in [2.05, 4.69) is 23.9 Å². The molecule has 0 aromatic heterocycles. The number of ketones is 2. The Morgan fingerprint density at radius 3 is 1.20 bits per heavy atom. The Hall–Kier alpha value is -3.22. The normalized spacial score (nSPS) is 11.2. The lowest BCUT2D eigenvalue weighted by Crippen LogP contribution is -2.24. The molecular weight excluding hydrogens is 831 g/mol. The molecule has 0 bridgehead atoms. The van der Waals surface area contributed by atoms with E-state index in [4.69, 9.17) is 47.4 Å². The van der Waals surface area contributed by atoms with Gasteiger partial charge in [0.05, 0.1) is 113 Å². The molecule has 64 heavy (non-hydrogen) atoms. The number of hydrogen-bond donors (Lipinski definition) is 1. The van der Waals surface area contributed by atoms with Gasteiger partial charge in [0.1, 0.15) is 23.1 Å². The number of benzene rings is 1. The highest BCUT2D eigenvalue weighted by atomic mass is 16.6. The van der Waals surface area contributed by atoms with Crippen LogP contribution < -0.4 is 14.8 Å². The first-order chi connectivity index (χ1) is 31.4. The number of methoxy groups -OCH3 is 1. The number of unbranched alkanes of at least 4 members (excludes halogenated alkanes) is 6. The third kappa shape index (κ3) is 38.1. The molecule has 0 saturated heterocycles. The average molecular weight is 914 g/mol. The van der Waals surface area contributed by atoms with Gasteiger partial charge in [0, 0.05) is 63.5 Å². The topological polar surface area (TPSA) is 182 Å². The van der Waals surface area contributed by atoms with Crippen molar-refractivity contribution >= 4 is 23.4 Å². The van der Waals surface area contributed by atoms with Crippen LogP contribution in [0, 0.1) is 0 Å². The summed E-state index contributed by atoms with van der Waals surface area (Å²) in [6.07, 6.45) is 11.1. The summed E-state index contributed by atoms with van der Waals surface area (Å²) < 4.78 is 60.6. The van der Waals surface area contributed by atoms with Gasteiger partial charge in [-0.15, -0.1) is 0 Å². The van der Waals surface area contributed by atoms with Crippen LogP contribution >= 0.6 is 0 Å². The summed E-state index contributed by atoms with van der Waals surface area (Å²) in [5.41, 5.74) is 0.399. The van der Waals surface area contributed by atoms with Crippen molar-refractivity contribution in [2.75, 3.05) is 133 Å². The maximum absolute atomic E-state index is 13.1. The van der Waals surface area contributed by atoms with E-state index in [1.165, 1.54) is 7.11 Å². The number of carbonyl (C=O) groups excluding carboxylic acids is 4. The summed E-state index contributed by atoms with van der Waals surface area (Å²) in [6.45, 7) is 13.7. The molecule has 0 heterocycles. The molecule has 0 spiro atoms. The summed E-state index contributed by atoms with van der Waals surface area (Å²) in [5, 5.41) is 2.93. The lowest BCUT2D eigenvalue weighted by molar-refractivity contribution is -0.140. The fourth-order valence-electron chi connectivity index (χ4n) is 5.71. The molecule has 16 heteroatoms. The number of amides is 1. The molecule has 0 aliphatic heterocycles. The van der Waals surface area contributed by atoms with E-state index in [9.17, 15) is 19.2 Å². The Labute approximate surface area is 383 Å². The number of Topliss-reactive ketones (excluding diaryl/α,β-unsaturated/α-hetero) is 2. The van der Waals surface area contributed by atoms with E-state index in [0.717, 1.165) is 51.7 Å². The molecule has 1 amide bonds. The zero-order valence-corrected chi connectivity index (χ0v) is 39.6. The zero-order valence-electron chi connectivity index (χ0n) is 39.6. The van der Waals surface area contributed by atoms with Crippen molar-refractivity contribution < 1.29 is 71.3 Å². The highest BCUT2D eigenvalue weighted by Gasteiger charge is 2.12. The molecule has 0 aliphatic carbocycles. The Balaban J connectivity index is 2.33. The fourth-order valence-corrected chi connectivity index (χ4v) is 5.71. The molecule has 0 atom stereocenters. The van der Waals surface area contributed by atoms with E-state index in [1.54, 1.807) is 18.2 Å². The van der Waals surface area contributed by atoms with Gasteiger partial charge >= 0.3 is 5.97 Å². The maximum Gasteiger partial charge on any atom is 0.305 e. The predicted molar refractivity (Wildman–Crippen MR) is 244 cm³/mol. The molecule has 1 aromatic rings. The quantitative estimate of drug-likeness (QED) is 0.0526. The van der Waals surface area contributed by atoms with E-state index in [0.29, 0.717) is 194 Å². The minimum Gasteiger partial charge on any atom is -0.493 e. The second-order valence-corrected chi connectivity index (χ2v) is 15.1. The molecule has 1 rings (SSSR count). The van der Waals surface area contributed by atoms with Crippen LogP contribution in [-0.2, 0) is 57.0 Å². The molecule has 1 aromatic carbocycles. The molecule has 16 nitrogen and oxygen atoms in total. The van der Waals surface area contributed by atoms with Gasteiger partial charge in [0.25, 0.3) is 5.91 Å². The lowest BCUT2D eigenvalue weighted by atomic mass is 10.1. The van der Waals surface area contributed by atoms with Crippen LogP contribution in [0.1, 0.15) is 127 Å². The SMILES string of the molecule is CCCCOCCOCCOCCOCCC(=O)CCCCOc1cc(OCCCCC(=O)CCOCCOCCOCCOCCCC)cc(C(=O)NCCCCCC(=O)OC)c1. The minimum atomic E-state index is -0.261. The fraction of sp³-hybridized carbons (Fsp3) is 0.792. The van der Waals surface area contributed by atoms with Crippen molar-refractivity contribution in [2.45, 2.75) is 117 Å². The van der Waals surface area contributed by atoms with Crippen molar-refractivity contribution in [3.05, 3.63) is 23.8 Å². The van der Waals surface area contributed by atoms with Crippen molar-refractivity contribution in [3.63, 3.8) is 0 Å². The molecule has 0 radical (unpaired) electrons. The molecular formula is C48H83NO15. The molecule has 0 fully saturated rings. The van der Waals surface area contributed by atoms with Gasteiger partial charge in [-0.2, -0.15) is 0 Å². The Bertz CT molecular complexity index is 1210. The minimum absolute atomic E-state index is 0.128. The van der Waals surface area contributed by atoms with Crippen LogP contribution in [0.25, 0.3) is 0 Å². The van der Waals surface area contributed by atoms with Crippen molar-refractivity contribution in [3.8, 4) is 11.5 Å². The maximum atomic E-state index is 13.1. The summed E-state index contributed by atoms with van der Waals surface area (Å²) in [5.74, 6) is 0.729. The molecule has 0 saturated carbocycles. The summed E-state index contributed by atoms with van der Waals surface area (Å²) in [4.78, 5) is 49.2. The number of nitrogens with one attached hydrogen (secondary N) is 1. The van der Waals surface area contributed by atoms with Gasteiger partial charge in [0.2, 0.25) is 0 Å². The lowest BCUT2D eigenvalue weighted by Gasteiger charge is -2.13. The zero-order chi connectivity index (χ0) is 46.4. The Morgan fingerprint density at radius 1 is 0.406 bits per heavy atom. The van der Waals surface area contributed by atoms with Gasteiger partial charge in [0.15, 0.2) is 0 Å². The molecule has 370 valence electrons. The van der Waals surface area contributed by atoms with E-state index in [-0.39, 0.29) is 23.4 Å². The first-order valence-electron chi connectivity index (χ1n) is 23.8. The molecule has 0 unspecified atom stereocenters. The monoisotopic (exact) mass is 914 g/mol. The Kier molecular flexibility index (Phi) is 41.3. The van der Waals surface area contributed by atoms with Gasteiger partial charge in [-0.3, -0.25) is 19.2 Å². The number of esters is 1. The molecule has 1 N–H and O–H groups in total. The highest BCUT2D eigenvalue weighted by molar-refractivity contribution is 5.95. The van der Waals surface area contributed by atoms with Crippen LogP contribution in [0.3, 0.4) is 0 Å².